The van der Waals surface area contributed by atoms with Gasteiger partial charge >= 0.3 is 0 Å². The van der Waals surface area contributed by atoms with Crippen LogP contribution in [0.15, 0.2) is 18.2 Å². The Morgan fingerprint density at radius 2 is 2.24 bits per heavy atom. The number of nitrogens with zero attached hydrogens (tertiary/aromatic N) is 1. The van der Waals surface area contributed by atoms with Crippen LogP contribution in [-0.2, 0) is 0 Å². The highest BCUT2D eigenvalue weighted by molar-refractivity contribution is 5.94. The third kappa shape index (κ3) is 3.62. The first-order chi connectivity index (χ1) is 10.0. The summed E-state index contributed by atoms with van der Waals surface area (Å²) in [5.74, 6) is 5.19. The van der Waals surface area contributed by atoms with Crippen LogP contribution in [0.1, 0.15) is 42.6 Å². The molecule has 1 heterocycles. The fraction of sp³-hybridized carbons (Fsp3) is 0.471. The van der Waals surface area contributed by atoms with Gasteiger partial charge in [0.1, 0.15) is 5.82 Å². The molecule has 0 saturated carbocycles. The molecule has 2 atom stereocenters. The number of amides is 1. The number of halogens is 1. The molecule has 2 rings (SSSR count). The van der Waals surface area contributed by atoms with Crippen LogP contribution in [0.3, 0.4) is 0 Å². The normalized spacial score (nSPS) is 21.0. The SMILES string of the molecule is CC1CC(C)N(C(=O)c2ccc(C#CCCO)c(F)c2)C1. The summed E-state index contributed by atoms with van der Waals surface area (Å²) < 4.78 is 14.0. The summed E-state index contributed by atoms with van der Waals surface area (Å²) in [6.45, 7) is 4.81. The highest BCUT2D eigenvalue weighted by atomic mass is 19.1. The van der Waals surface area contributed by atoms with Crippen LogP contribution in [0.25, 0.3) is 0 Å². The smallest absolute Gasteiger partial charge is 0.254 e. The molecule has 21 heavy (non-hydrogen) atoms. The molecule has 1 aliphatic heterocycles. The van der Waals surface area contributed by atoms with Gasteiger partial charge in [-0.3, -0.25) is 4.79 Å². The summed E-state index contributed by atoms with van der Waals surface area (Å²) in [4.78, 5) is 14.2. The second-order valence-electron chi connectivity index (χ2n) is 5.62. The van der Waals surface area contributed by atoms with Gasteiger partial charge in [0, 0.05) is 24.6 Å². The molecule has 1 fully saturated rings. The predicted octanol–water partition coefficient (Wildman–Crippen LogP) is 2.43. The van der Waals surface area contributed by atoms with Crippen molar-refractivity contribution in [3.8, 4) is 11.8 Å². The summed E-state index contributed by atoms with van der Waals surface area (Å²) in [5, 5.41) is 8.65. The quantitative estimate of drug-likeness (QED) is 0.850. The molecule has 1 aliphatic rings. The van der Waals surface area contributed by atoms with Crippen LogP contribution in [0, 0.1) is 23.6 Å². The molecule has 4 heteroatoms. The van der Waals surface area contributed by atoms with Crippen LogP contribution in [-0.4, -0.2) is 35.1 Å². The number of aliphatic hydroxyl groups is 1. The molecule has 1 aromatic carbocycles. The van der Waals surface area contributed by atoms with Gasteiger partial charge < -0.3 is 10.0 Å². The van der Waals surface area contributed by atoms with Crippen LogP contribution >= 0.6 is 0 Å². The molecule has 0 aromatic heterocycles. The number of carbonyl (C=O) groups is 1. The number of carbonyl (C=O) groups excluding carboxylic acids is 1. The van der Waals surface area contributed by atoms with E-state index in [0.29, 0.717) is 17.9 Å². The van der Waals surface area contributed by atoms with E-state index in [1.165, 1.54) is 12.1 Å². The number of aliphatic hydroxyl groups excluding tert-OH is 1. The van der Waals surface area contributed by atoms with Gasteiger partial charge in [0.2, 0.25) is 0 Å². The zero-order chi connectivity index (χ0) is 15.4. The number of likely N-dealkylation sites (tertiary alicyclic amines) is 1. The van der Waals surface area contributed by atoms with Crippen molar-refractivity contribution >= 4 is 5.91 Å². The van der Waals surface area contributed by atoms with Gasteiger partial charge in [-0.2, -0.15) is 0 Å². The van der Waals surface area contributed by atoms with E-state index in [4.69, 9.17) is 5.11 Å². The molecule has 3 nitrogen and oxygen atoms in total. The summed E-state index contributed by atoms with van der Waals surface area (Å²) >= 11 is 0. The van der Waals surface area contributed by atoms with Gasteiger partial charge in [-0.1, -0.05) is 18.8 Å². The Bertz CT molecular complexity index is 588. The Hall–Kier alpha value is -1.86. The molecule has 1 amide bonds. The van der Waals surface area contributed by atoms with E-state index in [1.54, 1.807) is 11.0 Å². The topological polar surface area (TPSA) is 40.5 Å². The average Bonchev–Trinajstić information content (AvgIpc) is 2.79. The fourth-order valence-electron chi connectivity index (χ4n) is 2.71. The second-order valence-corrected chi connectivity index (χ2v) is 5.62. The van der Waals surface area contributed by atoms with Crippen molar-refractivity contribution in [3.63, 3.8) is 0 Å². The van der Waals surface area contributed by atoms with Crippen molar-refractivity contribution in [1.82, 2.24) is 4.90 Å². The van der Waals surface area contributed by atoms with Crippen molar-refractivity contribution < 1.29 is 14.3 Å². The van der Waals surface area contributed by atoms with Crippen molar-refractivity contribution in [2.24, 2.45) is 5.92 Å². The maximum absolute atomic E-state index is 14.0. The number of hydrogen-bond acceptors (Lipinski definition) is 2. The van der Waals surface area contributed by atoms with Gasteiger partial charge in [-0.15, -0.1) is 0 Å². The van der Waals surface area contributed by atoms with Crippen molar-refractivity contribution in [3.05, 3.63) is 35.1 Å². The second kappa shape index (κ2) is 6.73. The molecule has 1 N–H and O–H groups in total. The Kier molecular flexibility index (Phi) is 4.98. The van der Waals surface area contributed by atoms with E-state index in [0.717, 1.165) is 13.0 Å². The fourth-order valence-corrected chi connectivity index (χ4v) is 2.71. The van der Waals surface area contributed by atoms with Gasteiger partial charge in [-0.25, -0.2) is 4.39 Å². The summed E-state index contributed by atoms with van der Waals surface area (Å²) in [7, 11) is 0. The molecule has 1 saturated heterocycles. The van der Waals surface area contributed by atoms with E-state index in [1.807, 2.05) is 6.92 Å². The lowest BCUT2D eigenvalue weighted by molar-refractivity contribution is 0.0743. The van der Waals surface area contributed by atoms with E-state index < -0.39 is 5.82 Å². The molecule has 1 aromatic rings. The molecule has 0 aliphatic carbocycles. The maximum atomic E-state index is 14.0. The minimum absolute atomic E-state index is 0.0454. The highest BCUT2D eigenvalue weighted by Gasteiger charge is 2.30. The van der Waals surface area contributed by atoms with Crippen molar-refractivity contribution in [2.45, 2.75) is 32.7 Å². The first-order valence-corrected chi connectivity index (χ1v) is 7.23. The van der Waals surface area contributed by atoms with Gasteiger partial charge in [0.15, 0.2) is 0 Å². The third-order valence-electron chi connectivity index (χ3n) is 3.72. The zero-order valence-corrected chi connectivity index (χ0v) is 12.4. The molecule has 0 radical (unpaired) electrons. The number of hydrogen-bond donors (Lipinski definition) is 1. The molecule has 0 spiro atoms. The summed E-state index contributed by atoms with van der Waals surface area (Å²) in [6, 6.07) is 4.59. The lowest BCUT2D eigenvalue weighted by Crippen LogP contribution is -2.34. The average molecular weight is 289 g/mol. The van der Waals surface area contributed by atoms with Crippen LogP contribution < -0.4 is 0 Å². The van der Waals surface area contributed by atoms with Crippen LogP contribution in [0.5, 0.6) is 0 Å². The largest absolute Gasteiger partial charge is 0.395 e. The minimum atomic E-state index is -0.494. The Morgan fingerprint density at radius 1 is 1.48 bits per heavy atom. The Balaban J connectivity index is 2.17. The number of rotatable bonds is 2. The van der Waals surface area contributed by atoms with E-state index in [-0.39, 0.29) is 24.1 Å². The standard InChI is InChI=1S/C17H20FNO2/c1-12-9-13(2)19(11-12)17(21)15-7-6-14(16(18)10-15)5-3-4-8-20/h6-7,10,12-13,20H,4,8-9,11H2,1-2H3. The van der Waals surface area contributed by atoms with Crippen molar-refractivity contribution in [2.75, 3.05) is 13.2 Å². The molecule has 112 valence electrons. The molecular formula is C17H20FNO2. The Morgan fingerprint density at radius 3 is 2.81 bits per heavy atom. The minimum Gasteiger partial charge on any atom is -0.395 e. The number of benzene rings is 1. The highest BCUT2D eigenvalue weighted by Crippen LogP contribution is 2.24. The van der Waals surface area contributed by atoms with Crippen LogP contribution in [0.2, 0.25) is 0 Å². The lowest BCUT2D eigenvalue weighted by Gasteiger charge is -2.21. The maximum Gasteiger partial charge on any atom is 0.254 e. The monoisotopic (exact) mass is 289 g/mol. The third-order valence-corrected chi connectivity index (χ3v) is 3.72. The van der Waals surface area contributed by atoms with E-state index in [9.17, 15) is 9.18 Å². The van der Waals surface area contributed by atoms with Crippen LogP contribution in [0.4, 0.5) is 4.39 Å². The van der Waals surface area contributed by atoms with Gasteiger partial charge in [-0.05, 0) is 37.5 Å². The first kappa shape index (κ1) is 15.5. The van der Waals surface area contributed by atoms with E-state index >= 15 is 0 Å². The lowest BCUT2D eigenvalue weighted by atomic mass is 10.1. The summed E-state index contributed by atoms with van der Waals surface area (Å²) in [5.41, 5.74) is 0.615. The van der Waals surface area contributed by atoms with Gasteiger partial charge in [0.25, 0.3) is 5.91 Å². The molecule has 0 bridgehead atoms. The predicted molar refractivity (Wildman–Crippen MR) is 79.3 cm³/mol. The zero-order valence-electron chi connectivity index (χ0n) is 12.4. The Labute approximate surface area is 124 Å². The molecular weight excluding hydrogens is 269 g/mol. The van der Waals surface area contributed by atoms with E-state index in [2.05, 4.69) is 18.8 Å². The van der Waals surface area contributed by atoms with Crippen molar-refractivity contribution in [1.29, 1.82) is 0 Å². The van der Waals surface area contributed by atoms with Gasteiger partial charge in [0.05, 0.1) is 12.2 Å². The first-order valence-electron chi connectivity index (χ1n) is 7.23. The summed E-state index contributed by atoms with van der Waals surface area (Å²) in [6.07, 6.45) is 1.29. The molecule has 2 unspecified atom stereocenters.